The Morgan fingerprint density at radius 3 is 2.82 bits per heavy atom. The molecule has 1 heterocycles. The molecule has 1 saturated heterocycles. The van der Waals surface area contributed by atoms with Gasteiger partial charge in [0.1, 0.15) is 6.61 Å². The zero-order valence-electron chi connectivity index (χ0n) is 10.2. The molecule has 3 nitrogen and oxygen atoms in total. The molecule has 0 aromatic heterocycles. The van der Waals surface area contributed by atoms with Gasteiger partial charge in [0.15, 0.2) is 0 Å². The molecule has 1 N–H and O–H groups in total. The maximum atomic E-state index is 12.0. The molecule has 17 heavy (non-hydrogen) atoms. The van der Waals surface area contributed by atoms with Gasteiger partial charge in [-0.3, -0.25) is 4.79 Å². The van der Waals surface area contributed by atoms with Gasteiger partial charge in [-0.25, -0.2) is 0 Å². The summed E-state index contributed by atoms with van der Waals surface area (Å²) in [7, 11) is 0. The second-order valence-electron chi connectivity index (χ2n) is 4.90. The molecule has 0 aliphatic carbocycles. The minimum Gasteiger partial charge on any atom is -0.460 e. The van der Waals surface area contributed by atoms with Gasteiger partial charge in [-0.1, -0.05) is 30.3 Å². The zero-order valence-corrected chi connectivity index (χ0v) is 10.2. The lowest BCUT2D eigenvalue weighted by molar-refractivity contribution is -0.157. The van der Waals surface area contributed by atoms with Gasteiger partial charge in [0, 0.05) is 6.54 Å². The smallest absolute Gasteiger partial charge is 0.313 e. The van der Waals surface area contributed by atoms with Crippen molar-refractivity contribution >= 4 is 5.97 Å². The number of piperidine rings is 1. The Bertz CT molecular complexity index is 369. The normalized spacial score (nSPS) is 24.3. The van der Waals surface area contributed by atoms with E-state index in [0.29, 0.717) is 6.61 Å². The van der Waals surface area contributed by atoms with E-state index in [9.17, 15) is 4.79 Å². The van der Waals surface area contributed by atoms with Crippen molar-refractivity contribution in [2.45, 2.75) is 26.4 Å². The van der Waals surface area contributed by atoms with Crippen LogP contribution in [0.1, 0.15) is 25.3 Å². The zero-order chi connectivity index (χ0) is 12.1. The number of hydrogen-bond acceptors (Lipinski definition) is 3. The summed E-state index contributed by atoms with van der Waals surface area (Å²) < 4.78 is 5.39. The van der Waals surface area contributed by atoms with Crippen LogP contribution in [-0.2, 0) is 16.1 Å². The van der Waals surface area contributed by atoms with Crippen LogP contribution in [0.3, 0.4) is 0 Å². The molecular formula is C14H19NO2. The highest BCUT2D eigenvalue weighted by atomic mass is 16.5. The second-order valence-corrected chi connectivity index (χ2v) is 4.90. The highest BCUT2D eigenvalue weighted by molar-refractivity contribution is 5.76. The summed E-state index contributed by atoms with van der Waals surface area (Å²) in [6, 6.07) is 9.79. The lowest BCUT2D eigenvalue weighted by Gasteiger charge is -2.31. The fourth-order valence-corrected chi connectivity index (χ4v) is 2.13. The summed E-state index contributed by atoms with van der Waals surface area (Å²) in [6.45, 7) is 4.07. The van der Waals surface area contributed by atoms with Crippen LogP contribution in [0.15, 0.2) is 30.3 Å². The van der Waals surface area contributed by atoms with Crippen molar-refractivity contribution in [1.29, 1.82) is 0 Å². The summed E-state index contributed by atoms with van der Waals surface area (Å²) in [6.07, 6.45) is 1.95. The second kappa shape index (κ2) is 5.32. The van der Waals surface area contributed by atoms with Crippen LogP contribution in [0.5, 0.6) is 0 Å². The summed E-state index contributed by atoms with van der Waals surface area (Å²) in [5, 5.41) is 3.25. The number of benzene rings is 1. The molecule has 1 atom stereocenters. The lowest BCUT2D eigenvalue weighted by atomic mass is 9.83. The van der Waals surface area contributed by atoms with Crippen molar-refractivity contribution < 1.29 is 9.53 Å². The predicted octanol–water partition coefficient (Wildman–Crippen LogP) is 2.12. The first-order chi connectivity index (χ1) is 8.21. The molecule has 1 aromatic rings. The van der Waals surface area contributed by atoms with E-state index >= 15 is 0 Å². The van der Waals surface area contributed by atoms with Gasteiger partial charge in [0.05, 0.1) is 5.41 Å². The fourth-order valence-electron chi connectivity index (χ4n) is 2.13. The monoisotopic (exact) mass is 233 g/mol. The van der Waals surface area contributed by atoms with E-state index in [-0.39, 0.29) is 11.4 Å². The number of carbonyl (C=O) groups excluding carboxylic acids is 1. The van der Waals surface area contributed by atoms with E-state index in [1.807, 2.05) is 37.3 Å². The van der Waals surface area contributed by atoms with Gasteiger partial charge in [0.25, 0.3) is 0 Å². The van der Waals surface area contributed by atoms with Gasteiger partial charge in [-0.15, -0.1) is 0 Å². The molecule has 1 fully saturated rings. The first-order valence-electron chi connectivity index (χ1n) is 6.13. The molecule has 1 aliphatic heterocycles. The number of esters is 1. The lowest BCUT2D eigenvalue weighted by Crippen LogP contribution is -2.44. The SMILES string of the molecule is C[C@@]1(C(=O)OCc2ccccc2)CCCNC1. The summed E-state index contributed by atoms with van der Waals surface area (Å²) >= 11 is 0. The molecule has 1 aliphatic rings. The molecule has 0 bridgehead atoms. The van der Waals surface area contributed by atoms with Crippen LogP contribution in [-0.4, -0.2) is 19.1 Å². The quantitative estimate of drug-likeness (QED) is 0.813. The minimum absolute atomic E-state index is 0.0893. The van der Waals surface area contributed by atoms with E-state index in [1.54, 1.807) is 0 Å². The Morgan fingerprint density at radius 2 is 2.18 bits per heavy atom. The Kier molecular flexibility index (Phi) is 3.79. The number of nitrogens with one attached hydrogen (secondary N) is 1. The maximum Gasteiger partial charge on any atom is 0.313 e. The van der Waals surface area contributed by atoms with Crippen molar-refractivity contribution in [1.82, 2.24) is 5.32 Å². The van der Waals surface area contributed by atoms with Crippen molar-refractivity contribution in [3.8, 4) is 0 Å². The van der Waals surface area contributed by atoms with E-state index < -0.39 is 0 Å². The van der Waals surface area contributed by atoms with Crippen LogP contribution in [0, 0.1) is 5.41 Å². The Balaban J connectivity index is 1.88. The van der Waals surface area contributed by atoms with Crippen LogP contribution in [0.25, 0.3) is 0 Å². The number of rotatable bonds is 3. The molecule has 92 valence electrons. The third kappa shape index (κ3) is 3.07. The largest absolute Gasteiger partial charge is 0.460 e. The highest BCUT2D eigenvalue weighted by Gasteiger charge is 2.36. The van der Waals surface area contributed by atoms with Crippen LogP contribution in [0.2, 0.25) is 0 Å². The highest BCUT2D eigenvalue weighted by Crippen LogP contribution is 2.27. The number of carbonyl (C=O) groups is 1. The van der Waals surface area contributed by atoms with Crippen molar-refractivity contribution in [3.63, 3.8) is 0 Å². The average molecular weight is 233 g/mol. The molecule has 0 amide bonds. The Labute approximate surface area is 102 Å². The van der Waals surface area contributed by atoms with Crippen molar-refractivity contribution in [3.05, 3.63) is 35.9 Å². The van der Waals surface area contributed by atoms with Crippen LogP contribution < -0.4 is 5.32 Å². The van der Waals surface area contributed by atoms with Crippen molar-refractivity contribution in [2.24, 2.45) is 5.41 Å². The van der Waals surface area contributed by atoms with E-state index in [2.05, 4.69) is 5.32 Å². The van der Waals surface area contributed by atoms with Crippen LogP contribution in [0.4, 0.5) is 0 Å². The standard InChI is InChI=1S/C14H19NO2/c1-14(8-5-9-15-11-14)13(16)17-10-12-6-3-2-4-7-12/h2-4,6-7,15H,5,8-11H2,1H3/t14-/m1/s1. The van der Waals surface area contributed by atoms with Gasteiger partial charge in [-0.05, 0) is 31.9 Å². The Hall–Kier alpha value is -1.35. The van der Waals surface area contributed by atoms with E-state index in [1.165, 1.54) is 0 Å². The third-order valence-corrected chi connectivity index (χ3v) is 3.30. The predicted molar refractivity (Wildman–Crippen MR) is 66.4 cm³/mol. The third-order valence-electron chi connectivity index (χ3n) is 3.30. The van der Waals surface area contributed by atoms with Crippen LogP contribution >= 0.6 is 0 Å². The molecular weight excluding hydrogens is 214 g/mol. The summed E-state index contributed by atoms with van der Waals surface area (Å²) in [5.41, 5.74) is 0.681. The fraction of sp³-hybridized carbons (Fsp3) is 0.500. The van der Waals surface area contributed by atoms with Gasteiger partial charge < -0.3 is 10.1 Å². The minimum atomic E-state index is -0.354. The molecule has 2 rings (SSSR count). The molecule has 3 heteroatoms. The molecule has 0 saturated carbocycles. The first kappa shape index (κ1) is 12.1. The Morgan fingerprint density at radius 1 is 1.41 bits per heavy atom. The number of ether oxygens (including phenoxy) is 1. The topological polar surface area (TPSA) is 38.3 Å². The molecule has 0 unspecified atom stereocenters. The number of hydrogen-bond donors (Lipinski definition) is 1. The van der Waals surface area contributed by atoms with E-state index in [4.69, 9.17) is 4.74 Å². The molecule has 0 spiro atoms. The summed E-state index contributed by atoms with van der Waals surface area (Å²) in [5.74, 6) is -0.0893. The summed E-state index contributed by atoms with van der Waals surface area (Å²) in [4.78, 5) is 12.0. The van der Waals surface area contributed by atoms with Gasteiger partial charge >= 0.3 is 5.97 Å². The average Bonchev–Trinajstić information content (AvgIpc) is 2.38. The first-order valence-corrected chi connectivity index (χ1v) is 6.13. The maximum absolute atomic E-state index is 12.0. The molecule has 1 aromatic carbocycles. The molecule has 0 radical (unpaired) electrons. The van der Waals surface area contributed by atoms with Gasteiger partial charge in [-0.2, -0.15) is 0 Å². The van der Waals surface area contributed by atoms with Gasteiger partial charge in [0.2, 0.25) is 0 Å². The van der Waals surface area contributed by atoms with E-state index in [0.717, 1.165) is 31.5 Å². The van der Waals surface area contributed by atoms with Crippen molar-refractivity contribution in [2.75, 3.05) is 13.1 Å².